The van der Waals surface area contributed by atoms with Gasteiger partial charge in [-0.2, -0.15) is 0 Å². The van der Waals surface area contributed by atoms with E-state index in [-0.39, 0.29) is 0 Å². The van der Waals surface area contributed by atoms with Gasteiger partial charge in [-0.15, -0.1) is 11.3 Å². The van der Waals surface area contributed by atoms with E-state index >= 15 is 0 Å². The zero-order valence-corrected chi connectivity index (χ0v) is 17.6. The summed E-state index contributed by atoms with van der Waals surface area (Å²) >= 11 is 1.78. The monoisotopic (exact) mass is 391 g/mol. The van der Waals surface area contributed by atoms with Gasteiger partial charge in [0.1, 0.15) is 0 Å². The van der Waals surface area contributed by atoms with E-state index < -0.39 is 0 Å². The highest BCUT2D eigenvalue weighted by Crippen LogP contribution is 2.39. The van der Waals surface area contributed by atoms with E-state index in [1.165, 1.54) is 4.88 Å². The van der Waals surface area contributed by atoms with Crippen molar-refractivity contribution in [2.75, 3.05) is 41.5 Å². The molecular formula is C20H29N3O3S. The van der Waals surface area contributed by atoms with Crippen molar-refractivity contribution in [3.05, 3.63) is 40.1 Å². The van der Waals surface area contributed by atoms with Crippen LogP contribution in [0.25, 0.3) is 0 Å². The van der Waals surface area contributed by atoms with Crippen LogP contribution >= 0.6 is 11.3 Å². The molecule has 1 heterocycles. The average Bonchev–Trinajstić information content (AvgIpc) is 3.21. The number of likely N-dealkylation sites (N-methyl/N-ethyl adjacent to an activating group) is 1. The van der Waals surface area contributed by atoms with Crippen LogP contribution in [0, 0.1) is 0 Å². The lowest BCUT2D eigenvalue weighted by Gasteiger charge is -2.22. The Balaban J connectivity index is 2.15. The predicted octanol–water partition coefficient (Wildman–Crippen LogP) is 3.41. The first-order chi connectivity index (χ1) is 13.1. The number of hydrogen-bond acceptors (Lipinski definition) is 5. The van der Waals surface area contributed by atoms with Crippen molar-refractivity contribution < 1.29 is 14.2 Å². The Morgan fingerprint density at radius 3 is 2.48 bits per heavy atom. The number of nitrogens with one attached hydrogen (secondary N) is 1. The molecule has 0 unspecified atom stereocenters. The fourth-order valence-electron chi connectivity index (χ4n) is 2.76. The molecule has 0 radical (unpaired) electrons. The average molecular weight is 392 g/mol. The van der Waals surface area contributed by atoms with Crippen LogP contribution in [0.5, 0.6) is 17.2 Å². The third kappa shape index (κ3) is 5.53. The van der Waals surface area contributed by atoms with Gasteiger partial charge in [0.25, 0.3) is 0 Å². The minimum absolute atomic E-state index is 0.481. The molecule has 1 N–H and O–H groups in total. The molecule has 0 fully saturated rings. The number of benzene rings is 1. The topological polar surface area (TPSA) is 55.3 Å². The smallest absolute Gasteiger partial charge is 0.203 e. The van der Waals surface area contributed by atoms with Crippen LogP contribution in [0.3, 0.4) is 0 Å². The van der Waals surface area contributed by atoms with E-state index in [1.807, 2.05) is 12.1 Å². The van der Waals surface area contributed by atoms with E-state index in [1.54, 1.807) is 32.7 Å². The van der Waals surface area contributed by atoms with Gasteiger partial charge in [-0.25, -0.2) is 4.99 Å². The van der Waals surface area contributed by atoms with Crippen LogP contribution in [-0.4, -0.2) is 52.3 Å². The van der Waals surface area contributed by atoms with Crippen LogP contribution in [-0.2, 0) is 13.0 Å². The summed E-state index contributed by atoms with van der Waals surface area (Å²) in [5, 5.41) is 5.46. The summed E-state index contributed by atoms with van der Waals surface area (Å²) in [6, 6.07) is 8.08. The van der Waals surface area contributed by atoms with E-state index in [9.17, 15) is 0 Å². The normalized spacial score (nSPS) is 11.2. The largest absolute Gasteiger partial charge is 0.493 e. The van der Waals surface area contributed by atoms with Crippen molar-refractivity contribution in [3.8, 4) is 17.2 Å². The van der Waals surface area contributed by atoms with E-state index in [2.05, 4.69) is 41.7 Å². The zero-order valence-electron chi connectivity index (χ0n) is 16.7. The molecule has 0 saturated carbocycles. The molecule has 0 amide bonds. The third-order valence-corrected chi connectivity index (χ3v) is 5.09. The molecule has 0 spiro atoms. The highest BCUT2D eigenvalue weighted by atomic mass is 32.1. The van der Waals surface area contributed by atoms with Gasteiger partial charge >= 0.3 is 0 Å². The molecule has 2 rings (SSSR count). The first-order valence-electron chi connectivity index (χ1n) is 8.94. The molecule has 0 saturated heterocycles. The predicted molar refractivity (Wildman–Crippen MR) is 112 cm³/mol. The van der Waals surface area contributed by atoms with Crippen molar-refractivity contribution in [2.24, 2.45) is 4.99 Å². The minimum atomic E-state index is 0.481. The van der Waals surface area contributed by atoms with Gasteiger partial charge in [0, 0.05) is 30.6 Å². The van der Waals surface area contributed by atoms with Crippen LogP contribution in [0.4, 0.5) is 0 Å². The lowest BCUT2D eigenvalue weighted by Crippen LogP contribution is -2.39. The van der Waals surface area contributed by atoms with Gasteiger partial charge in [0.15, 0.2) is 17.5 Å². The fourth-order valence-corrected chi connectivity index (χ4v) is 3.45. The van der Waals surface area contributed by atoms with Gasteiger partial charge in [0.2, 0.25) is 5.75 Å². The zero-order chi connectivity index (χ0) is 19.6. The van der Waals surface area contributed by atoms with Gasteiger partial charge in [0.05, 0.1) is 27.9 Å². The molecule has 0 atom stereocenters. The van der Waals surface area contributed by atoms with Gasteiger partial charge < -0.3 is 24.4 Å². The summed E-state index contributed by atoms with van der Waals surface area (Å²) in [6.45, 7) is 4.26. The Labute approximate surface area is 165 Å². The second-order valence-corrected chi connectivity index (χ2v) is 6.95. The lowest BCUT2D eigenvalue weighted by atomic mass is 10.1. The Morgan fingerprint density at radius 2 is 1.89 bits per heavy atom. The van der Waals surface area contributed by atoms with Crippen molar-refractivity contribution in [3.63, 3.8) is 0 Å². The summed E-state index contributed by atoms with van der Waals surface area (Å²) in [6.07, 6.45) is 0.998. The number of hydrogen-bond donors (Lipinski definition) is 1. The molecule has 0 aliphatic rings. The van der Waals surface area contributed by atoms with E-state index in [0.29, 0.717) is 23.8 Å². The molecular weight excluding hydrogens is 362 g/mol. The number of ether oxygens (including phenoxy) is 3. The molecule has 2 aromatic rings. The first kappa shape index (κ1) is 20.9. The maximum Gasteiger partial charge on any atom is 0.203 e. The molecule has 1 aromatic heterocycles. The summed E-state index contributed by atoms with van der Waals surface area (Å²) in [5.74, 6) is 2.74. The maximum absolute atomic E-state index is 5.55. The Kier molecular flexibility index (Phi) is 8.26. The van der Waals surface area contributed by atoms with Crippen LogP contribution < -0.4 is 19.5 Å². The van der Waals surface area contributed by atoms with Gasteiger partial charge in [-0.05, 0) is 36.9 Å². The maximum atomic E-state index is 5.55. The Hall–Kier alpha value is -2.41. The lowest BCUT2D eigenvalue weighted by molar-refractivity contribution is 0.322. The second-order valence-electron chi connectivity index (χ2n) is 5.91. The molecule has 7 heteroatoms. The molecule has 27 heavy (non-hydrogen) atoms. The van der Waals surface area contributed by atoms with Crippen molar-refractivity contribution in [1.82, 2.24) is 10.2 Å². The van der Waals surface area contributed by atoms with Crippen LogP contribution in [0.1, 0.15) is 17.4 Å². The van der Waals surface area contributed by atoms with E-state index in [4.69, 9.17) is 19.2 Å². The number of thiophene rings is 1. The highest BCUT2D eigenvalue weighted by Gasteiger charge is 2.16. The molecule has 0 aliphatic heterocycles. The highest BCUT2D eigenvalue weighted by molar-refractivity contribution is 7.09. The Morgan fingerprint density at radius 1 is 1.11 bits per heavy atom. The minimum Gasteiger partial charge on any atom is -0.493 e. The van der Waals surface area contributed by atoms with Crippen LogP contribution in [0.15, 0.2) is 34.6 Å². The summed E-state index contributed by atoms with van der Waals surface area (Å²) in [5.41, 5.74) is 0.942. The van der Waals surface area contributed by atoms with Crippen molar-refractivity contribution >= 4 is 17.3 Å². The third-order valence-electron chi connectivity index (χ3n) is 4.16. The van der Waals surface area contributed by atoms with Crippen molar-refractivity contribution in [2.45, 2.75) is 19.9 Å². The second kappa shape index (κ2) is 10.7. The SMILES string of the molecule is CCNC(=NCc1ccc(OC)c(OC)c1OC)N(C)CCc1cccs1. The fraction of sp³-hybridized carbons (Fsp3) is 0.450. The summed E-state index contributed by atoms with van der Waals surface area (Å²) in [4.78, 5) is 8.31. The molecule has 1 aromatic carbocycles. The standard InChI is InChI=1S/C20H29N3O3S/c1-6-21-20(23(2)12-11-16-8-7-13-27-16)22-14-15-9-10-17(24-3)19(26-5)18(15)25-4/h7-10,13H,6,11-12,14H2,1-5H3,(H,21,22). The van der Waals surface area contributed by atoms with Crippen molar-refractivity contribution in [1.29, 1.82) is 0 Å². The van der Waals surface area contributed by atoms with Gasteiger partial charge in [-0.1, -0.05) is 6.07 Å². The molecule has 0 bridgehead atoms. The number of aliphatic imine (C=N–C) groups is 1. The molecule has 6 nitrogen and oxygen atoms in total. The molecule has 0 aliphatic carbocycles. The number of guanidine groups is 1. The van der Waals surface area contributed by atoms with E-state index in [0.717, 1.165) is 31.0 Å². The number of methoxy groups -OCH3 is 3. The summed E-state index contributed by atoms with van der Waals surface area (Å²) in [7, 11) is 6.90. The van der Waals surface area contributed by atoms with Gasteiger partial charge in [-0.3, -0.25) is 0 Å². The number of nitrogens with zero attached hydrogens (tertiary/aromatic N) is 2. The Bertz CT molecular complexity index is 732. The molecule has 148 valence electrons. The number of rotatable bonds is 9. The quantitative estimate of drug-likeness (QED) is 0.524. The first-order valence-corrected chi connectivity index (χ1v) is 9.82. The summed E-state index contributed by atoms with van der Waals surface area (Å²) < 4.78 is 16.4. The van der Waals surface area contributed by atoms with Crippen LogP contribution in [0.2, 0.25) is 0 Å².